The highest BCUT2D eigenvalue weighted by atomic mass is 16.5. The second-order valence-electron chi connectivity index (χ2n) is 17.7. The summed E-state index contributed by atoms with van der Waals surface area (Å²) in [4.78, 5) is 67.4. The number of piperidine rings is 2. The molecule has 2 saturated carbocycles. The third-order valence-corrected chi connectivity index (χ3v) is 14.0. The lowest BCUT2D eigenvalue weighted by Crippen LogP contribution is -2.54. The van der Waals surface area contributed by atoms with Crippen LogP contribution in [0.15, 0.2) is 36.5 Å². The van der Waals surface area contributed by atoms with Crippen molar-refractivity contribution in [3.05, 3.63) is 47.7 Å². The first-order chi connectivity index (χ1) is 28.2. The molecule has 1 spiro atoms. The molecule has 308 valence electrons. The van der Waals surface area contributed by atoms with Crippen LogP contribution in [-0.2, 0) is 19.1 Å². The van der Waals surface area contributed by atoms with E-state index in [2.05, 4.69) is 31.7 Å². The van der Waals surface area contributed by atoms with Crippen LogP contribution in [-0.4, -0.2) is 101 Å². The predicted octanol–water partition coefficient (Wildman–Crippen LogP) is 5.68. The van der Waals surface area contributed by atoms with Gasteiger partial charge in [-0.2, -0.15) is 5.10 Å². The zero-order valence-corrected chi connectivity index (χ0v) is 33.4. The first-order valence-corrected chi connectivity index (χ1v) is 21.5. The summed E-state index contributed by atoms with van der Waals surface area (Å²) in [6.07, 6.45) is 15.3. The Morgan fingerprint density at radius 1 is 0.966 bits per heavy atom. The molecule has 9 rings (SSSR count). The van der Waals surface area contributed by atoms with Gasteiger partial charge in [0.1, 0.15) is 17.9 Å². The van der Waals surface area contributed by atoms with Gasteiger partial charge in [0.05, 0.1) is 35.5 Å². The molecule has 1 aromatic heterocycles. The minimum atomic E-state index is -0.967. The number of amides is 5. The van der Waals surface area contributed by atoms with Gasteiger partial charge in [-0.1, -0.05) is 6.07 Å². The van der Waals surface area contributed by atoms with Crippen molar-refractivity contribution in [1.29, 1.82) is 0 Å². The number of rotatable bonds is 11. The fourth-order valence-electron chi connectivity index (χ4n) is 10.7. The van der Waals surface area contributed by atoms with Crippen LogP contribution in [0, 0.1) is 17.3 Å². The van der Waals surface area contributed by atoms with Crippen molar-refractivity contribution in [3.63, 3.8) is 0 Å². The number of methoxy groups -OCH3 is 1. The molecule has 3 aromatic rings. The molecular formula is C44H55N7O7. The zero-order valence-electron chi connectivity index (χ0n) is 33.4. The number of aromatic nitrogens is 2. The van der Waals surface area contributed by atoms with Crippen molar-refractivity contribution < 1.29 is 33.4 Å². The number of hydrogen-bond donors (Lipinski definition) is 3. The van der Waals surface area contributed by atoms with Gasteiger partial charge in [0, 0.05) is 49.5 Å². The number of likely N-dealkylation sites (tertiary alicyclic amines) is 1. The van der Waals surface area contributed by atoms with E-state index in [9.17, 15) is 24.0 Å². The minimum absolute atomic E-state index is 0.101. The molecule has 5 fully saturated rings. The average Bonchev–Trinajstić information content (AvgIpc) is 3.75. The van der Waals surface area contributed by atoms with Crippen molar-refractivity contribution in [2.45, 2.75) is 108 Å². The molecule has 3 N–H and O–H groups in total. The Balaban J connectivity index is 0.707. The summed E-state index contributed by atoms with van der Waals surface area (Å²) in [7, 11) is 1.62. The first kappa shape index (κ1) is 38.7. The van der Waals surface area contributed by atoms with E-state index >= 15 is 0 Å². The maximum Gasteiger partial charge on any atom is 0.264 e. The summed E-state index contributed by atoms with van der Waals surface area (Å²) >= 11 is 0. The van der Waals surface area contributed by atoms with Crippen molar-refractivity contribution >= 4 is 51.8 Å². The highest BCUT2D eigenvalue weighted by Crippen LogP contribution is 2.54. The molecule has 3 saturated heterocycles. The Labute approximate surface area is 338 Å². The van der Waals surface area contributed by atoms with Crippen LogP contribution >= 0.6 is 0 Å². The lowest BCUT2D eigenvalue weighted by Gasteiger charge is -2.53. The fourth-order valence-corrected chi connectivity index (χ4v) is 10.7. The monoisotopic (exact) mass is 793 g/mol. The van der Waals surface area contributed by atoms with Crippen molar-refractivity contribution in [2.24, 2.45) is 17.3 Å². The quantitative estimate of drug-likeness (QED) is 0.206. The highest BCUT2D eigenvalue weighted by Gasteiger charge is 2.47. The standard InChI is InChI=1S/C44H55N7O7/c1-57-37-22-33-29(21-34(37)46-41(54)36-7-2-3-20-58-36)26-50(48-33)30-10-8-27(9-11-30)25-49-18-15-44(16-19-49)23-28(24-44)14-17-45-32-6-4-5-31-39(32)43(56)51(42(31)55)35-12-13-38(52)47-40(35)53/h4-6,21-22,26-28,30,35-36,45H,2-3,7-20,23-25H2,1H3,(H,46,54)(H,47,52,53)/t27-,30-,35?,36-/m0/s1. The summed E-state index contributed by atoms with van der Waals surface area (Å²) < 4.78 is 13.5. The van der Waals surface area contributed by atoms with Gasteiger partial charge in [-0.15, -0.1) is 0 Å². The van der Waals surface area contributed by atoms with E-state index in [4.69, 9.17) is 14.6 Å². The molecule has 2 aliphatic carbocycles. The molecule has 6 aliphatic rings. The minimum Gasteiger partial charge on any atom is -0.494 e. The van der Waals surface area contributed by atoms with E-state index in [-0.39, 0.29) is 24.7 Å². The Morgan fingerprint density at radius 2 is 1.78 bits per heavy atom. The van der Waals surface area contributed by atoms with Crippen LogP contribution < -0.4 is 20.7 Å². The number of benzene rings is 2. The number of imide groups is 2. The topological polar surface area (TPSA) is 164 Å². The molecule has 4 aliphatic heterocycles. The second-order valence-corrected chi connectivity index (χ2v) is 17.7. The maximum atomic E-state index is 13.4. The van der Waals surface area contributed by atoms with Gasteiger partial charge in [0.15, 0.2) is 0 Å². The second kappa shape index (κ2) is 16.1. The molecule has 0 radical (unpaired) electrons. The van der Waals surface area contributed by atoms with Gasteiger partial charge in [0.2, 0.25) is 11.8 Å². The van der Waals surface area contributed by atoms with Gasteiger partial charge < -0.3 is 25.0 Å². The molecule has 14 nitrogen and oxygen atoms in total. The Morgan fingerprint density at radius 3 is 2.52 bits per heavy atom. The van der Waals surface area contributed by atoms with E-state index in [1.54, 1.807) is 19.2 Å². The molecule has 58 heavy (non-hydrogen) atoms. The van der Waals surface area contributed by atoms with Crippen LogP contribution in [0.3, 0.4) is 0 Å². The zero-order chi connectivity index (χ0) is 40.0. The van der Waals surface area contributed by atoms with Crippen LogP contribution in [0.2, 0.25) is 0 Å². The van der Waals surface area contributed by atoms with Gasteiger partial charge in [0.25, 0.3) is 17.7 Å². The van der Waals surface area contributed by atoms with Gasteiger partial charge >= 0.3 is 0 Å². The van der Waals surface area contributed by atoms with Gasteiger partial charge in [-0.25, -0.2) is 0 Å². The number of nitrogens with one attached hydrogen (secondary N) is 3. The molecule has 2 aromatic carbocycles. The summed E-state index contributed by atoms with van der Waals surface area (Å²) in [6.45, 7) is 4.84. The summed E-state index contributed by atoms with van der Waals surface area (Å²) in [5, 5.41) is 14.7. The Hall–Kier alpha value is -4.82. The molecule has 2 atom stereocenters. The highest BCUT2D eigenvalue weighted by molar-refractivity contribution is 6.25. The summed E-state index contributed by atoms with van der Waals surface area (Å²) in [5.41, 5.74) is 3.23. The number of nitrogens with zero attached hydrogens (tertiary/aromatic N) is 4. The smallest absolute Gasteiger partial charge is 0.264 e. The molecule has 5 amide bonds. The van der Waals surface area contributed by atoms with Crippen LogP contribution in [0.5, 0.6) is 5.75 Å². The average molecular weight is 794 g/mol. The van der Waals surface area contributed by atoms with Crippen LogP contribution in [0.1, 0.15) is 117 Å². The Bertz CT molecular complexity index is 2090. The largest absolute Gasteiger partial charge is 0.494 e. The van der Waals surface area contributed by atoms with E-state index < -0.39 is 29.9 Å². The van der Waals surface area contributed by atoms with E-state index in [0.29, 0.717) is 64.7 Å². The normalized spacial score (nSPS) is 26.4. The fraction of sp³-hybridized carbons (Fsp3) is 0.591. The van der Waals surface area contributed by atoms with Crippen LogP contribution in [0.25, 0.3) is 10.9 Å². The van der Waals surface area contributed by atoms with Gasteiger partial charge in [-0.3, -0.25) is 38.9 Å². The number of carbonyl (C=O) groups excluding carboxylic acids is 5. The molecular weight excluding hydrogens is 739 g/mol. The van der Waals surface area contributed by atoms with Gasteiger partial charge in [-0.05, 0) is 132 Å². The predicted molar refractivity (Wildman–Crippen MR) is 217 cm³/mol. The SMILES string of the molecule is COc1cc2nn([C@H]3CC[C@H](CN4CCC5(CC4)CC(CCNc4cccc6c4C(=O)N(C4CCC(=O)NC4=O)C6=O)C5)CC3)cc2cc1NC(=O)[C@@H]1CCCCO1. The Kier molecular flexibility index (Phi) is 10.7. The van der Waals surface area contributed by atoms with Crippen molar-refractivity contribution in [2.75, 3.05) is 50.5 Å². The number of anilines is 2. The number of fused-ring (bicyclic) bond motifs is 2. The maximum absolute atomic E-state index is 13.4. The molecule has 0 bridgehead atoms. The van der Waals surface area contributed by atoms with E-state index in [0.717, 1.165) is 54.3 Å². The van der Waals surface area contributed by atoms with E-state index in [1.807, 2.05) is 18.2 Å². The lowest BCUT2D eigenvalue weighted by molar-refractivity contribution is -0.136. The van der Waals surface area contributed by atoms with E-state index in [1.165, 1.54) is 58.2 Å². The number of ether oxygens (including phenoxy) is 2. The first-order valence-electron chi connectivity index (χ1n) is 21.5. The number of hydrogen-bond acceptors (Lipinski definition) is 10. The molecule has 14 heteroatoms. The summed E-state index contributed by atoms with van der Waals surface area (Å²) in [6, 6.07) is 8.52. The van der Waals surface area contributed by atoms with Crippen molar-refractivity contribution in [3.8, 4) is 5.75 Å². The molecule has 5 heterocycles. The lowest BCUT2D eigenvalue weighted by atomic mass is 9.57. The van der Waals surface area contributed by atoms with Crippen molar-refractivity contribution in [1.82, 2.24) is 24.9 Å². The third kappa shape index (κ3) is 7.60. The summed E-state index contributed by atoms with van der Waals surface area (Å²) in [5.74, 6) is -0.0986. The molecule has 1 unspecified atom stereocenters. The number of carbonyl (C=O) groups is 5. The third-order valence-electron chi connectivity index (χ3n) is 14.0. The van der Waals surface area contributed by atoms with Crippen LogP contribution in [0.4, 0.5) is 11.4 Å².